The first kappa shape index (κ1) is 16.5. The third-order valence-corrected chi connectivity index (χ3v) is 4.07. The van der Waals surface area contributed by atoms with Gasteiger partial charge in [0.05, 0.1) is 17.4 Å². The number of hydrogen-bond acceptors (Lipinski definition) is 5. The van der Waals surface area contributed by atoms with Crippen molar-refractivity contribution in [1.82, 2.24) is 20.0 Å². The molecule has 4 rings (SSSR count). The third-order valence-electron chi connectivity index (χ3n) is 4.07. The molecule has 3 N–H and O–H groups in total. The smallest absolute Gasteiger partial charge is 0.279 e. The first-order valence-electron chi connectivity index (χ1n) is 8.16. The van der Waals surface area contributed by atoms with Crippen molar-refractivity contribution in [3.8, 4) is 11.4 Å². The van der Waals surface area contributed by atoms with Gasteiger partial charge in [-0.15, -0.1) is 0 Å². The van der Waals surface area contributed by atoms with Crippen LogP contribution in [0.2, 0.25) is 0 Å². The molecule has 0 fully saturated rings. The summed E-state index contributed by atoms with van der Waals surface area (Å²) >= 11 is 0. The summed E-state index contributed by atoms with van der Waals surface area (Å²) in [7, 11) is 0. The number of nitrogens with zero attached hydrogens (tertiary/aromatic N) is 3. The van der Waals surface area contributed by atoms with Crippen molar-refractivity contribution in [2.24, 2.45) is 0 Å². The first-order chi connectivity index (χ1) is 13.0. The molecule has 134 valence electrons. The second-order valence-electron chi connectivity index (χ2n) is 6.09. The number of H-pyrrole nitrogens is 1. The zero-order valence-corrected chi connectivity index (χ0v) is 14.3. The Labute approximate surface area is 153 Å². The Hall–Kier alpha value is -3.94. The number of carbonyl (C=O) groups is 1. The summed E-state index contributed by atoms with van der Waals surface area (Å²) in [5.74, 6) is -1.11. The molecule has 0 aliphatic carbocycles. The van der Waals surface area contributed by atoms with Gasteiger partial charge in [0, 0.05) is 17.1 Å². The summed E-state index contributed by atoms with van der Waals surface area (Å²) in [5, 5.41) is 24.4. The van der Waals surface area contributed by atoms with Crippen molar-refractivity contribution >= 4 is 22.5 Å². The van der Waals surface area contributed by atoms with Gasteiger partial charge in [-0.25, -0.2) is 0 Å². The maximum atomic E-state index is 12.6. The topological polar surface area (TPSA) is 113 Å². The number of fused-ring (bicyclic) bond motifs is 1. The van der Waals surface area contributed by atoms with Gasteiger partial charge in [0.25, 0.3) is 11.5 Å². The molecule has 0 spiro atoms. The van der Waals surface area contributed by atoms with Gasteiger partial charge in [0.1, 0.15) is 0 Å². The number of aromatic nitrogens is 4. The zero-order chi connectivity index (χ0) is 19.0. The molecule has 8 heteroatoms. The molecule has 0 aliphatic rings. The van der Waals surface area contributed by atoms with E-state index in [1.54, 1.807) is 42.6 Å². The van der Waals surface area contributed by atoms with Crippen LogP contribution in [-0.2, 0) is 0 Å². The van der Waals surface area contributed by atoms with Gasteiger partial charge in [-0.1, -0.05) is 12.1 Å². The van der Waals surface area contributed by atoms with Crippen LogP contribution >= 0.6 is 0 Å². The van der Waals surface area contributed by atoms with Crippen LogP contribution in [0.15, 0.2) is 59.5 Å². The lowest BCUT2D eigenvalue weighted by atomic mass is 10.2. The van der Waals surface area contributed by atoms with Crippen LogP contribution in [0.5, 0.6) is 5.75 Å². The number of aryl methyl sites for hydroxylation is 1. The Morgan fingerprint density at radius 1 is 1.19 bits per heavy atom. The maximum absolute atomic E-state index is 12.6. The molecule has 0 aliphatic heterocycles. The summed E-state index contributed by atoms with van der Waals surface area (Å²) in [5.41, 5.74) is 1.93. The predicted molar refractivity (Wildman–Crippen MR) is 100 cm³/mol. The number of hydrogen-bond donors (Lipinski definition) is 3. The van der Waals surface area contributed by atoms with Crippen molar-refractivity contribution in [3.63, 3.8) is 0 Å². The van der Waals surface area contributed by atoms with Gasteiger partial charge >= 0.3 is 0 Å². The number of amides is 1. The summed E-state index contributed by atoms with van der Waals surface area (Å²) in [6.45, 7) is 1.88. The van der Waals surface area contributed by atoms with E-state index in [1.165, 1.54) is 0 Å². The Bertz CT molecular complexity index is 1230. The van der Waals surface area contributed by atoms with E-state index < -0.39 is 17.2 Å². The number of aromatic amines is 1. The number of aromatic hydroxyl groups is 1. The van der Waals surface area contributed by atoms with Crippen LogP contribution < -0.4 is 10.9 Å². The van der Waals surface area contributed by atoms with Crippen LogP contribution in [0.4, 0.5) is 5.69 Å². The Balaban J connectivity index is 1.70. The van der Waals surface area contributed by atoms with Gasteiger partial charge in [-0.05, 0) is 42.8 Å². The molecule has 0 atom stereocenters. The number of rotatable bonds is 3. The summed E-state index contributed by atoms with van der Waals surface area (Å²) < 4.78 is 1.08. The van der Waals surface area contributed by atoms with Gasteiger partial charge in [-0.2, -0.15) is 14.9 Å². The highest BCUT2D eigenvalue weighted by atomic mass is 16.3. The van der Waals surface area contributed by atoms with Gasteiger partial charge in [-0.3, -0.25) is 14.7 Å². The van der Waals surface area contributed by atoms with Crippen LogP contribution in [0.25, 0.3) is 16.6 Å². The van der Waals surface area contributed by atoms with Gasteiger partial charge in [0.15, 0.2) is 11.4 Å². The van der Waals surface area contributed by atoms with Crippen molar-refractivity contribution in [1.29, 1.82) is 0 Å². The van der Waals surface area contributed by atoms with E-state index in [1.807, 2.05) is 13.0 Å². The molecule has 2 heterocycles. The van der Waals surface area contributed by atoms with Crippen LogP contribution in [0, 0.1) is 6.92 Å². The highest BCUT2D eigenvalue weighted by Gasteiger charge is 2.17. The molecule has 0 saturated carbocycles. The monoisotopic (exact) mass is 361 g/mol. The van der Waals surface area contributed by atoms with Crippen molar-refractivity contribution in [2.75, 3.05) is 5.32 Å². The lowest BCUT2D eigenvalue weighted by Gasteiger charge is -2.10. The van der Waals surface area contributed by atoms with E-state index in [0.717, 1.165) is 27.2 Å². The van der Waals surface area contributed by atoms with E-state index in [9.17, 15) is 14.7 Å². The lowest BCUT2D eigenvalue weighted by molar-refractivity contribution is 0.101. The van der Waals surface area contributed by atoms with E-state index >= 15 is 0 Å². The molecule has 0 saturated heterocycles. The average Bonchev–Trinajstić information content (AvgIpc) is 3.09. The normalized spacial score (nSPS) is 10.9. The molecule has 2 aromatic heterocycles. The standard InChI is InChI=1S/C19H15N5O3/c1-11-3-2-4-14(7-11)24-17(26)9-16(25)18(23-24)19(27)21-13-6-5-12-10-20-22-15(12)8-13/h2-10,25H,1H3,(H,20,22)(H,21,27). The average molecular weight is 361 g/mol. The van der Waals surface area contributed by atoms with Gasteiger partial charge < -0.3 is 10.4 Å². The largest absolute Gasteiger partial charge is 0.505 e. The van der Waals surface area contributed by atoms with Crippen LogP contribution in [0.3, 0.4) is 0 Å². The summed E-state index contributed by atoms with van der Waals surface area (Å²) in [6.07, 6.45) is 1.67. The number of anilines is 1. The maximum Gasteiger partial charge on any atom is 0.279 e. The molecule has 4 aromatic rings. The van der Waals surface area contributed by atoms with Crippen molar-refractivity contribution < 1.29 is 9.90 Å². The Morgan fingerprint density at radius 3 is 2.85 bits per heavy atom. The minimum Gasteiger partial charge on any atom is -0.505 e. The summed E-state index contributed by atoms with van der Waals surface area (Å²) in [6, 6.07) is 13.3. The third kappa shape index (κ3) is 3.15. The second-order valence-corrected chi connectivity index (χ2v) is 6.09. The van der Waals surface area contributed by atoms with Gasteiger partial charge in [0.2, 0.25) is 0 Å². The van der Waals surface area contributed by atoms with Crippen LogP contribution in [-0.4, -0.2) is 31.0 Å². The van der Waals surface area contributed by atoms with E-state index in [2.05, 4.69) is 20.6 Å². The summed E-state index contributed by atoms with van der Waals surface area (Å²) in [4.78, 5) is 24.8. The number of nitrogens with one attached hydrogen (secondary N) is 2. The highest BCUT2D eigenvalue weighted by Crippen LogP contribution is 2.19. The fraction of sp³-hybridized carbons (Fsp3) is 0.0526. The Morgan fingerprint density at radius 2 is 2.04 bits per heavy atom. The molecule has 2 aromatic carbocycles. The minimum absolute atomic E-state index is 0.249. The molecular formula is C19H15N5O3. The van der Waals surface area contributed by atoms with Crippen LogP contribution in [0.1, 0.15) is 16.1 Å². The van der Waals surface area contributed by atoms with E-state index in [4.69, 9.17) is 0 Å². The second kappa shape index (κ2) is 6.41. The van der Waals surface area contributed by atoms with E-state index in [-0.39, 0.29) is 5.69 Å². The number of benzene rings is 2. The van der Waals surface area contributed by atoms with Crippen molar-refractivity contribution in [2.45, 2.75) is 6.92 Å². The lowest BCUT2D eigenvalue weighted by Crippen LogP contribution is -2.25. The first-order valence-corrected chi connectivity index (χ1v) is 8.16. The SMILES string of the molecule is Cc1cccc(-n2nc(C(=O)Nc3ccc4cn[nH]c4c3)c(O)cc2=O)c1. The molecule has 0 radical (unpaired) electrons. The van der Waals surface area contributed by atoms with Crippen molar-refractivity contribution in [3.05, 3.63) is 76.3 Å². The molecule has 1 amide bonds. The highest BCUT2D eigenvalue weighted by molar-refractivity contribution is 6.05. The quantitative estimate of drug-likeness (QED) is 0.518. The minimum atomic E-state index is -0.632. The molecule has 0 unspecified atom stereocenters. The molecule has 0 bridgehead atoms. The zero-order valence-electron chi connectivity index (χ0n) is 14.3. The molecular weight excluding hydrogens is 346 g/mol. The Kier molecular flexibility index (Phi) is 3.92. The molecule has 8 nitrogen and oxygen atoms in total. The fourth-order valence-electron chi connectivity index (χ4n) is 2.76. The van der Waals surface area contributed by atoms with E-state index in [0.29, 0.717) is 11.4 Å². The molecule has 27 heavy (non-hydrogen) atoms. The predicted octanol–water partition coefficient (Wildman–Crippen LogP) is 2.38. The fourth-order valence-corrected chi connectivity index (χ4v) is 2.76. The number of carbonyl (C=O) groups excluding carboxylic acids is 1.